The zero-order chi connectivity index (χ0) is 19.1. The minimum absolute atomic E-state index is 0.0255. The second-order valence-electron chi connectivity index (χ2n) is 5.43. The average molecular weight is 361 g/mol. The quantitative estimate of drug-likeness (QED) is 0.442. The van der Waals surface area contributed by atoms with Gasteiger partial charge in [-0.1, -0.05) is 18.7 Å². The number of esters is 1. The molecule has 1 aliphatic heterocycles. The molecule has 0 aliphatic carbocycles. The normalized spacial score (nSPS) is 14.9. The summed E-state index contributed by atoms with van der Waals surface area (Å²) in [5, 5.41) is 10.8. The lowest BCUT2D eigenvalue weighted by Gasteiger charge is -2.10. The van der Waals surface area contributed by atoms with E-state index in [1.807, 2.05) is 0 Å². The fourth-order valence-electron chi connectivity index (χ4n) is 2.55. The van der Waals surface area contributed by atoms with Crippen molar-refractivity contribution >= 4 is 29.6 Å². The molecule has 2 aromatic rings. The SMILES string of the molecule is C=Cc1cc(C(F)(F)F)ccc1/C=C1\OC(=O)c2cc([N+](=O)[O-])ccc21. The third kappa shape index (κ3) is 3.08. The molecule has 0 saturated carbocycles. The number of halogens is 3. The van der Waals surface area contributed by atoms with Crippen LogP contribution in [-0.2, 0) is 10.9 Å². The van der Waals surface area contributed by atoms with E-state index < -0.39 is 22.6 Å². The number of non-ortho nitro benzene ring substituents is 1. The van der Waals surface area contributed by atoms with Crippen molar-refractivity contribution in [2.45, 2.75) is 6.18 Å². The minimum atomic E-state index is -4.49. The van der Waals surface area contributed by atoms with Gasteiger partial charge in [0, 0.05) is 17.7 Å². The number of ether oxygens (including phenoxy) is 1. The van der Waals surface area contributed by atoms with E-state index in [1.54, 1.807) is 0 Å². The predicted molar refractivity (Wildman–Crippen MR) is 87.9 cm³/mol. The van der Waals surface area contributed by atoms with Crippen molar-refractivity contribution in [2.75, 3.05) is 0 Å². The van der Waals surface area contributed by atoms with E-state index in [4.69, 9.17) is 4.74 Å². The maximum atomic E-state index is 12.8. The van der Waals surface area contributed by atoms with Crippen LogP contribution in [0.4, 0.5) is 18.9 Å². The number of carbonyl (C=O) groups excluding carboxylic acids is 1. The molecule has 5 nitrogen and oxygen atoms in total. The molecule has 0 atom stereocenters. The lowest BCUT2D eigenvalue weighted by molar-refractivity contribution is -0.384. The van der Waals surface area contributed by atoms with Crippen molar-refractivity contribution in [3.8, 4) is 0 Å². The Labute approximate surface area is 145 Å². The molecule has 8 heteroatoms. The van der Waals surface area contributed by atoms with Crippen molar-refractivity contribution in [2.24, 2.45) is 0 Å². The summed E-state index contributed by atoms with van der Waals surface area (Å²) in [4.78, 5) is 22.1. The molecule has 0 saturated heterocycles. The first-order valence-corrected chi connectivity index (χ1v) is 7.27. The van der Waals surface area contributed by atoms with Crippen LogP contribution < -0.4 is 0 Å². The van der Waals surface area contributed by atoms with Gasteiger partial charge in [0.2, 0.25) is 0 Å². The predicted octanol–water partition coefficient (Wildman–Crippen LogP) is 4.93. The van der Waals surface area contributed by atoms with Gasteiger partial charge in [-0.2, -0.15) is 13.2 Å². The van der Waals surface area contributed by atoms with Gasteiger partial charge in [0.05, 0.1) is 16.1 Å². The van der Waals surface area contributed by atoms with Gasteiger partial charge in [0.1, 0.15) is 5.76 Å². The van der Waals surface area contributed by atoms with Crippen LogP contribution in [0.1, 0.15) is 32.6 Å². The van der Waals surface area contributed by atoms with E-state index in [0.717, 1.165) is 18.2 Å². The van der Waals surface area contributed by atoms with Crippen LogP contribution >= 0.6 is 0 Å². The van der Waals surface area contributed by atoms with Crippen LogP contribution in [0.15, 0.2) is 43.0 Å². The van der Waals surface area contributed by atoms with Crippen molar-refractivity contribution in [3.63, 3.8) is 0 Å². The topological polar surface area (TPSA) is 69.4 Å². The lowest BCUT2D eigenvalue weighted by atomic mass is 10.0. The summed E-state index contributed by atoms with van der Waals surface area (Å²) >= 11 is 0. The summed E-state index contributed by atoms with van der Waals surface area (Å²) in [6, 6.07) is 6.77. The molecule has 1 aliphatic rings. The molecule has 0 N–H and O–H groups in total. The van der Waals surface area contributed by atoms with Crippen LogP contribution in [0, 0.1) is 10.1 Å². The van der Waals surface area contributed by atoms with Crippen molar-refractivity contribution in [1.29, 1.82) is 0 Å². The summed E-state index contributed by atoms with van der Waals surface area (Å²) in [6.07, 6.45) is -1.84. The fourth-order valence-corrected chi connectivity index (χ4v) is 2.55. The Morgan fingerprint density at radius 2 is 1.81 bits per heavy atom. The van der Waals surface area contributed by atoms with Crippen molar-refractivity contribution in [1.82, 2.24) is 0 Å². The molecule has 1 heterocycles. The van der Waals surface area contributed by atoms with Crippen LogP contribution in [0.2, 0.25) is 0 Å². The summed E-state index contributed by atoms with van der Waals surface area (Å²) < 4.78 is 43.6. The molecule has 3 rings (SSSR count). The monoisotopic (exact) mass is 361 g/mol. The Morgan fingerprint density at radius 1 is 1.08 bits per heavy atom. The Bertz CT molecular complexity index is 977. The Morgan fingerprint density at radius 3 is 2.42 bits per heavy atom. The first kappa shape index (κ1) is 17.4. The van der Waals surface area contributed by atoms with Gasteiger partial charge >= 0.3 is 12.1 Å². The van der Waals surface area contributed by atoms with Gasteiger partial charge in [-0.05, 0) is 35.4 Å². The van der Waals surface area contributed by atoms with E-state index in [1.165, 1.54) is 30.4 Å². The van der Waals surface area contributed by atoms with E-state index >= 15 is 0 Å². The molecule has 0 aromatic heterocycles. The van der Waals surface area contributed by atoms with Gasteiger partial charge in [-0.3, -0.25) is 10.1 Å². The molecular weight excluding hydrogens is 351 g/mol. The largest absolute Gasteiger partial charge is 0.422 e. The summed E-state index contributed by atoms with van der Waals surface area (Å²) in [5.41, 5.74) is -0.161. The second-order valence-corrected chi connectivity index (χ2v) is 5.43. The van der Waals surface area contributed by atoms with Crippen molar-refractivity contribution < 1.29 is 27.6 Å². The Kier molecular flexibility index (Phi) is 4.11. The third-order valence-corrected chi connectivity index (χ3v) is 3.82. The van der Waals surface area contributed by atoms with Crippen LogP contribution in [0.3, 0.4) is 0 Å². The number of hydrogen-bond acceptors (Lipinski definition) is 4. The number of carbonyl (C=O) groups is 1. The molecule has 2 aromatic carbocycles. The van der Waals surface area contributed by atoms with Crippen LogP contribution in [0.5, 0.6) is 0 Å². The first-order chi connectivity index (χ1) is 12.2. The number of hydrogen-bond donors (Lipinski definition) is 0. The second kappa shape index (κ2) is 6.14. The maximum absolute atomic E-state index is 12.8. The third-order valence-electron chi connectivity index (χ3n) is 3.82. The standard InChI is InChI=1S/C18H10F3NO4/c1-2-10-7-12(18(19,20)21)4-3-11(10)8-16-14-6-5-13(22(24)25)9-15(14)17(23)26-16/h2-9H,1H2/b16-8-. The highest BCUT2D eigenvalue weighted by Gasteiger charge is 2.31. The Hall–Kier alpha value is -3.42. The van der Waals surface area contributed by atoms with Gasteiger partial charge < -0.3 is 4.74 Å². The van der Waals surface area contributed by atoms with E-state index in [0.29, 0.717) is 11.1 Å². The number of alkyl halides is 3. The first-order valence-electron chi connectivity index (χ1n) is 7.27. The van der Waals surface area contributed by atoms with Crippen LogP contribution in [0.25, 0.3) is 17.9 Å². The van der Waals surface area contributed by atoms with Gasteiger partial charge in [-0.25, -0.2) is 4.79 Å². The van der Waals surface area contributed by atoms with Crippen molar-refractivity contribution in [3.05, 3.63) is 80.9 Å². The number of rotatable bonds is 3. The number of nitro benzene ring substituents is 1. The minimum Gasteiger partial charge on any atom is -0.422 e. The average Bonchev–Trinajstić information content (AvgIpc) is 2.89. The number of fused-ring (bicyclic) bond motifs is 1. The summed E-state index contributed by atoms with van der Waals surface area (Å²) in [7, 11) is 0. The molecule has 0 amide bonds. The number of cyclic esters (lactones) is 1. The van der Waals surface area contributed by atoms with E-state index in [2.05, 4.69) is 6.58 Å². The highest BCUT2D eigenvalue weighted by atomic mass is 19.4. The van der Waals surface area contributed by atoms with Crippen LogP contribution in [-0.4, -0.2) is 10.9 Å². The fraction of sp³-hybridized carbons (Fsp3) is 0.0556. The van der Waals surface area contributed by atoms with Gasteiger partial charge in [0.15, 0.2) is 0 Å². The van der Waals surface area contributed by atoms with Gasteiger partial charge in [-0.15, -0.1) is 0 Å². The molecule has 0 bridgehead atoms. The zero-order valence-corrected chi connectivity index (χ0v) is 13.0. The molecule has 0 radical (unpaired) electrons. The van der Waals surface area contributed by atoms with E-state index in [9.17, 15) is 28.1 Å². The molecule has 0 fully saturated rings. The smallest absolute Gasteiger partial charge is 0.416 e. The number of nitrogens with zero attached hydrogens (tertiary/aromatic N) is 1. The molecular formula is C18H10F3NO4. The summed E-state index contributed by atoms with van der Waals surface area (Å²) in [6.45, 7) is 3.50. The molecule has 132 valence electrons. The lowest BCUT2D eigenvalue weighted by Crippen LogP contribution is -2.05. The highest BCUT2D eigenvalue weighted by Crippen LogP contribution is 2.35. The highest BCUT2D eigenvalue weighted by molar-refractivity contribution is 6.06. The zero-order valence-electron chi connectivity index (χ0n) is 13.0. The van der Waals surface area contributed by atoms with Gasteiger partial charge in [0.25, 0.3) is 5.69 Å². The molecule has 26 heavy (non-hydrogen) atoms. The number of nitro groups is 1. The van der Waals surface area contributed by atoms with E-state index in [-0.39, 0.29) is 22.6 Å². The molecule has 0 unspecified atom stereocenters. The molecule has 0 spiro atoms. The summed E-state index contributed by atoms with van der Waals surface area (Å²) in [5.74, 6) is -0.662. The maximum Gasteiger partial charge on any atom is 0.416 e. The Balaban J connectivity index is 2.07. The number of benzene rings is 2.